The maximum atomic E-state index is 12.0. The number of aliphatic hydroxyl groups is 1. The van der Waals surface area contributed by atoms with Gasteiger partial charge in [-0.3, -0.25) is 0 Å². The minimum absolute atomic E-state index is 0.107. The summed E-state index contributed by atoms with van der Waals surface area (Å²) in [4.78, 5) is 3.85. The highest BCUT2D eigenvalue weighted by Gasteiger charge is 2.31. The van der Waals surface area contributed by atoms with Crippen molar-refractivity contribution in [2.45, 2.75) is 17.4 Å². The van der Waals surface area contributed by atoms with E-state index in [1.54, 1.807) is 0 Å². The SMILES string of the molecule is Nc1ccc(S(=O)(=O)N2CCC(O)C2)cn1. The lowest BCUT2D eigenvalue weighted by atomic mass is 10.3. The van der Waals surface area contributed by atoms with Gasteiger partial charge in [-0.25, -0.2) is 13.4 Å². The molecular formula is C9H13N3O3S. The first-order chi connectivity index (χ1) is 7.50. The molecule has 88 valence electrons. The van der Waals surface area contributed by atoms with Gasteiger partial charge in [0.25, 0.3) is 0 Å². The van der Waals surface area contributed by atoms with Gasteiger partial charge < -0.3 is 10.8 Å². The number of hydrogen-bond donors (Lipinski definition) is 2. The van der Waals surface area contributed by atoms with E-state index in [0.717, 1.165) is 0 Å². The van der Waals surface area contributed by atoms with Crippen LogP contribution in [-0.2, 0) is 10.0 Å². The van der Waals surface area contributed by atoms with Crippen LogP contribution in [0.2, 0.25) is 0 Å². The van der Waals surface area contributed by atoms with Crippen molar-refractivity contribution in [2.24, 2.45) is 0 Å². The fourth-order valence-corrected chi connectivity index (χ4v) is 3.06. The van der Waals surface area contributed by atoms with E-state index in [1.165, 1.54) is 22.6 Å². The summed E-state index contributed by atoms with van der Waals surface area (Å²) in [6.45, 7) is 0.487. The molecule has 1 saturated heterocycles. The smallest absolute Gasteiger partial charge is 0.244 e. The predicted octanol–water partition coefficient (Wildman–Crippen LogP) is -0.581. The van der Waals surface area contributed by atoms with Crippen LogP contribution in [0.1, 0.15) is 6.42 Å². The summed E-state index contributed by atoms with van der Waals surface area (Å²) >= 11 is 0. The molecule has 1 atom stereocenters. The van der Waals surface area contributed by atoms with Crippen molar-refractivity contribution in [3.63, 3.8) is 0 Å². The highest BCUT2D eigenvalue weighted by atomic mass is 32.2. The quantitative estimate of drug-likeness (QED) is 0.724. The summed E-state index contributed by atoms with van der Waals surface area (Å²) in [5.41, 5.74) is 5.39. The number of pyridine rings is 1. The first kappa shape index (κ1) is 11.3. The molecule has 1 aromatic heterocycles. The van der Waals surface area contributed by atoms with E-state index >= 15 is 0 Å². The maximum Gasteiger partial charge on any atom is 0.244 e. The number of nitrogens with zero attached hydrogens (tertiary/aromatic N) is 2. The molecule has 6 nitrogen and oxygen atoms in total. The molecule has 1 aromatic rings. The van der Waals surface area contributed by atoms with Gasteiger partial charge in [-0.2, -0.15) is 4.31 Å². The van der Waals surface area contributed by atoms with E-state index in [-0.39, 0.29) is 17.3 Å². The van der Waals surface area contributed by atoms with Crippen LogP contribution < -0.4 is 5.73 Å². The number of β-amino-alcohol motifs (C(OH)–C–C–N with tert-alkyl or cyclic N) is 1. The first-order valence-electron chi connectivity index (χ1n) is 4.90. The average Bonchev–Trinajstić information content (AvgIpc) is 2.66. The number of nitrogens with two attached hydrogens (primary N) is 1. The van der Waals surface area contributed by atoms with Gasteiger partial charge in [0.15, 0.2) is 0 Å². The van der Waals surface area contributed by atoms with E-state index in [9.17, 15) is 13.5 Å². The van der Waals surface area contributed by atoms with Crippen LogP contribution >= 0.6 is 0 Å². The molecule has 0 saturated carbocycles. The number of anilines is 1. The van der Waals surface area contributed by atoms with Crippen LogP contribution in [0, 0.1) is 0 Å². The van der Waals surface area contributed by atoms with Crippen molar-refractivity contribution in [1.82, 2.24) is 9.29 Å². The molecule has 1 fully saturated rings. The number of hydrogen-bond acceptors (Lipinski definition) is 5. The summed E-state index contributed by atoms with van der Waals surface area (Å²) in [6.07, 6.45) is 1.13. The minimum Gasteiger partial charge on any atom is -0.392 e. The second-order valence-electron chi connectivity index (χ2n) is 3.72. The Kier molecular flexibility index (Phi) is 2.83. The molecule has 1 aliphatic heterocycles. The molecule has 7 heteroatoms. The summed E-state index contributed by atoms with van der Waals surface area (Å²) in [5, 5.41) is 9.31. The van der Waals surface area contributed by atoms with Crippen LogP contribution in [0.25, 0.3) is 0 Å². The number of sulfonamides is 1. The van der Waals surface area contributed by atoms with Gasteiger partial charge in [0, 0.05) is 19.3 Å². The lowest BCUT2D eigenvalue weighted by Gasteiger charge is -2.15. The zero-order valence-electron chi connectivity index (χ0n) is 8.57. The van der Waals surface area contributed by atoms with Crippen molar-refractivity contribution >= 4 is 15.8 Å². The molecule has 1 unspecified atom stereocenters. The number of aliphatic hydroxyl groups excluding tert-OH is 1. The molecule has 0 bridgehead atoms. The Morgan fingerprint density at radius 1 is 1.50 bits per heavy atom. The van der Waals surface area contributed by atoms with Gasteiger partial charge in [0.05, 0.1) is 6.10 Å². The molecule has 0 aliphatic carbocycles. The second kappa shape index (κ2) is 4.00. The van der Waals surface area contributed by atoms with E-state index in [1.807, 2.05) is 0 Å². The molecule has 0 radical (unpaired) electrons. The van der Waals surface area contributed by atoms with Gasteiger partial charge >= 0.3 is 0 Å². The van der Waals surface area contributed by atoms with E-state index in [0.29, 0.717) is 13.0 Å². The number of nitrogen functional groups attached to an aromatic ring is 1. The van der Waals surface area contributed by atoms with Crippen molar-refractivity contribution in [1.29, 1.82) is 0 Å². The zero-order valence-corrected chi connectivity index (χ0v) is 9.39. The van der Waals surface area contributed by atoms with Crippen LogP contribution in [0.4, 0.5) is 5.82 Å². The standard InChI is InChI=1S/C9H13N3O3S/c10-9-2-1-8(5-11-9)16(14,15)12-4-3-7(13)6-12/h1-2,5,7,13H,3-4,6H2,(H2,10,11). The first-order valence-corrected chi connectivity index (χ1v) is 6.34. The third kappa shape index (κ3) is 2.01. The van der Waals surface area contributed by atoms with Crippen LogP contribution in [-0.4, -0.2) is 42.0 Å². The Bertz CT molecular complexity index is 471. The van der Waals surface area contributed by atoms with Crippen LogP contribution in [0.3, 0.4) is 0 Å². The Morgan fingerprint density at radius 2 is 2.25 bits per heavy atom. The highest BCUT2D eigenvalue weighted by molar-refractivity contribution is 7.89. The molecule has 1 aliphatic rings. The van der Waals surface area contributed by atoms with Gasteiger partial charge in [0.1, 0.15) is 10.7 Å². The van der Waals surface area contributed by atoms with Crippen molar-refractivity contribution in [3.05, 3.63) is 18.3 Å². The van der Waals surface area contributed by atoms with Gasteiger partial charge in [-0.05, 0) is 18.6 Å². The molecular weight excluding hydrogens is 230 g/mol. The Labute approximate surface area is 93.8 Å². The topological polar surface area (TPSA) is 96.5 Å². The number of rotatable bonds is 2. The predicted molar refractivity (Wildman–Crippen MR) is 58.0 cm³/mol. The van der Waals surface area contributed by atoms with Gasteiger partial charge in [-0.1, -0.05) is 0 Å². The summed E-state index contributed by atoms with van der Waals surface area (Å²) in [6, 6.07) is 2.86. The lowest BCUT2D eigenvalue weighted by molar-refractivity contribution is 0.189. The summed E-state index contributed by atoms with van der Waals surface area (Å²) < 4.78 is 25.3. The fourth-order valence-electron chi connectivity index (χ4n) is 1.62. The normalized spacial score (nSPS) is 22.4. The average molecular weight is 243 g/mol. The molecule has 16 heavy (non-hydrogen) atoms. The molecule has 0 spiro atoms. The third-order valence-electron chi connectivity index (χ3n) is 2.52. The lowest BCUT2D eigenvalue weighted by Crippen LogP contribution is -2.29. The number of aromatic nitrogens is 1. The molecule has 2 heterocycles. The second-order valence-corrected chi connectivity index (χ2v) is 5.66. The van der Waals surface area contributed by atoms with Crippen molar-refractivity contribution in [3.8, 4) is 0 Å². The van der Waals surface area contributed by atoms with Crippen LogP contribution in [0.5, 0.6) is 0 Å². The maximum absolute atomic E-state index is 12.0. The van der Waals surface area contributed by atoms with E-state index in [2.05, 4.69) is 4.98 Å². The molecule has 2 rings (SSSR count). The van der Waals surface area contributed by atoms with Crippen molar-refractivity contribution < 1.29 is 13.5 Å². The van der Waals surface area contributed by atoms with Crippen molar-refractivity contribution in [2.75, 3.05) is 18.8 Å². The molecule has 0 amide bonds. The minimum atomic E-state index is -3.53. The largest absolute Gasteiger partial charge is 0.392 e. The summed E-state index contributed by atoms with van der Waals surface area (Å²) in [7, 11) is -3.53. The Balaban J connectivity index is 2.29. The van der Waals surface area contributed by atoms with E-state index in [4.69, 9.17) is 5.73 Å². The van der Waals surface area contributed by atoms with E-state index < -0.39 is 16.1 Å². The van der Waals surface area contributed by atoms with Gasteiger partial charge in [0.2, 0.25) is 10.0 Å². The monoisotopic (exact) mass is 243 g/mol. The Hall–Kier alpha value is -1.18. The third-order valence-corrected chi connectivity index (χ3v) is 4.37. The molecule has 3 N–H and O–H groups in total. The summed E-state index contributed by atoms with van der Waals surface area (Å²) in [5.74, 6) is 0.278. The van der Waals surface area contributed by atoms with Gasteiger partial charge in [-0.15, -0.1) is 0 Å². The Morgan fingerprint density at radius 3 is 2.75 bits per heavy atom. The van der Waals surface area contributed by atoms with Crippen LogP contribution in [0.15, 0.2) is 23.2 Å². The molecule has 0 aromatic carbocycles. The zero-order chi connectivity index (χ0) is 11.8. The fraction of sp³-hybridized carbons (Fsp3) is 0.444. The highest BCUT2D eigenvalue weighted by Crippen LogP contribution is 2.20.